The Balaban J connectivity index is 2.09. The van der Waals surface area contributed by atoms with Crippen LogP contribution < -0.4 is 0 Å². The summed E-state index contributed by atoms with van der Waals surface area (Å²) in [5.41, 5.74) is 4.17. The molecule has 1 N–H and O–H groups in total. The quantitative estimate of drug-likeness (QED) is 0.747. The third-order valence-corrected chi connectivity index (χ3v) is 3.17. The molecule has 0 saturated heterocycles. The van der Waals surface area contributed by atoms with Crippen molar-refractivity contribution in [1.82, 2.24) is 19.7 Å². The molecule has 3 aromatic rings. The van der Waals surface area contributed by atoms with Gasteiger partial charge in [0.25, 0.3) is 0 Å². The maximum atomic E-state index is 4.57. The highest BCUT2D eigenvalue weighted by Gasteiger charge is 2.07. The fourth-order valence-corrected chi connectivity index (χ4v) is 2.05. The molecule has 0 bridgehead atoms. The van der Waals surface area contributed by atoms with Crippen LogP contribution in [0, 0.1) is 6.92 Å². The molecule has 0 aromatic carbocycles. The van der Waals surface area contributed by atoms with Crippen molar-refractivity contribution in [3.05, 3.63) is 36.3 Å². The van der Waals surface area contributed by atoms with Crippen LogP contribution >= 0.6 is 0 Å². The first-order valence-corrected chi connectivity index (χ1v) is 6.14. The Bertz CT molecular complexity index is 691. The molecule has 18 heavy (non-hydrogen) atoms. The minimum Gasteiger partial charge on any atom is -0.346 e. The number of aromatic amines is 1. The van der Waals surface area contributed by atoms with Gasteiger partial charge in [-0.3, -0.25) is 4.68 Å². The molecule has 3 heterocycles. The first kappa shape index (κ1) is 11.0. The SMILES string of the molecule is Cc1c[nH]c2ncc(-c3ccn(C(C)C)n3)cc12. The predicted octanol–water partition coefficient (Wildman–Crippen LogP) is 3.32. The summed E-state index contributed by atoms with van der Waals surface area (Å²) in [5.74, 6) is 0. The van der Waals surface area contributed by atoms with E-state index in [1.807, 2.05) is 29.3 Å². The van der Waals surface area contributed by atoms with E-state index in [9.17, 15) is 0 Å². The third-order valence-electron chi connectivity index (χ3n) is 3.17. The summed E-state index contributed by atoms with van der Waals surface area (Å²) in [6.07, 6.45) is 5.85. The summed E-state index contributed by atoms with van der Waals surface area (Å²) < 4.78 is 1.96. The van der Waals surface area contributed by atoms with Gasteiger partial charge in [0.1, 0.15) is 5.65 Å². The van der Waals surface area contributed by atoms with E-state index in [4.69, 9.17) is 0 Å². The van der Waals surface area contributed by atoms with Gasteiger partial charge >= 0.3 is 0 Å². The Morgan fingerprint density at radius 3 is 2.89 bits per heavy atom. The Kier molecular flexibility index (Phi) is 2.44. The number of pyridine rings is 1. The van der Waals surface area contributed by atoms with Gasteiger partial charge in [-0.2, -0.15) is 5.10 Å². The molecule has 0 radical (unpaired) electrons. The molecule has 0 amide bonds. The van der Waals surface area contributed by atoms with Gasteiger partial charge in [0.05, 0.1) is 5.69 Å². The van der Waals surface area contributed by atoms with E-state index in [2.05, 4.69) is 41.9 Å². The lowest BCUT2D eigenvalue weighted by molar-refractivity contribution is 0.534. The summed E-state index contributed by atoms with van der Waals surface area (Å²) in [4.78, 5) is 7.58. The fraction of sp³-hybridized carbons (Fsp3) is 0.286. The van der Waals surface area contributed by atoms with Crippen LogP contribution in [0.25, 0.3) is 22.3 Å². The molecule has 3 aromatic heterocycles. The minimum atomic E-state index is 0.379. The molecule has 0 aliphatic carbocycles. The molecule has 3 rings (SSSR count). The molecule has 0 aliphatic rings. The van der Waals surface area contributed by atoms with Crippen LogP contribution in [0.4, 0.5) is 0 Å². The van der Waals surface area contributed by atoms with E-state index >= 15 is 0 Å². The zero-order valence-electron chi connectivity index (χ0n) is 10.8. The van der Waals surface area contributed by atoms with E-state index in [0.717, 1.165) is 22.3 Å². The topological polar surface area (TPSA) is 46.5 Å². The van der Waals surface area contributed by atoms with Crippen molar-refractivity contribution in [3.8, 4) is 11.3 Å². The van der Waals surface area contributed by atoms with Crippen molar-refractivity contribution in [2.45, 2.75) is 26.8 Å². The van der Waals surface area contributed by atoms with Crippen LogP contribution in [-0.4, -0.2) is 19.7 Å². The summed E-state index contributed by atoms with van der Waals surface area (Å²) in [6.45, 7) is 6.32. The van der Waals surface area contributed by atoms with Gasteiger partial charge in [0, 0.05) is 35.6 Å². The van der Waals surface area contributed by atoms with Gasteiger partial charge in [-0.1, -0.05) is 0 Å². The van der Waals surface area contributed by atoms with Crippen LogP contribution in [-0.2, 0) is 0 Å². The average Bonchev–Trinajstić information content (AvgIpc) is 2.96. The number of aromatic nitrogens is 4. The first-order chi connectivity index (χ1) is 8.65. The summed E-state index contributed by atoms with van der Waals surface area (Å²) in [7, 11) is 0. The van der Waals surface area contributed by atoms with Gasteiger partial charge in [-0.05, 0) is 38.5 Å². The Morgan fingerprint density at radius 1 is 1.33 bits per heavy atom. The van der Waals surface area contributed by atoms with Gasteiger partial charge in [-0.15, -0.1) is 0 Å². The Morgan fingerprint density at radius 2 is 2.17 bits per heavy atom. The van der Waals surface area contributed by atoms with E-state index in [1.54, 1.807) is 0 Å². The molecule has 0 spiro atoms. The standard InChI is InChI=1S/C14H16N4/c1-9(2)18-5-4-13(17-18)11-6-12-10(3)7-15-14(12)16-8-11/h4-9H,1-3H3,(H,15,16). The van der Waals surface area contributed by atoms with Crippen molar-refractivity contribution in [3.63, 3.8) is 0 Å². The number of rotatable bonds is 2. The van der Waals surface area contributed by atoms with Crippen LogP contribution in [0.2, 0.25) is 0 Å². The smallest absolute Gasteiger partial charge is 0.137 e. The molecular formula is C14H16N4. The Labute approximate surface area is 106 Å². The number of H-pyrrole nitrogens is 1. The second-order valence-electron chi connectivity index (χ2n) is 4.87. The summed E-state index contributed by atoms with van der Waals surface area (Å²) in [6, 6.07) is 4.55. The summed E-state index contributed by atoms with van der Waals surface area (Å²) in [5, 5.41) is 5.73. The monoisotopic (exact) mass is 240 g/mol. The first-order valence-electron chi connectivity index (χ1n) is 6.14. The molecular weight excluding hydrogens is 224 g/mol. The van der Waals surface area contributed by atoms with Crippen molar-refractivity contribution in [1.29, 1.82) is 0 Å². The molecule has 0 atom stereocenters. The van der Waals surface area contributed by atoms with Gasteiger partial charge < -0.3 is 4.98 Å². The highest BCUT2D eigenvalue weighted by Crippen LogP contribution is 2.23. The maximum Gasteiger partial charge on any atom is 0.137 e. The zero-order valence-corrected chi connectivity index (χ0v) is 10.8. The summed E-state index contributed by atoms with van der Waals surface area (Å²) >= 11 is 0. The predicted molar refractivity (Wildman–Crippen MR) is 72.4 cm³/mol. The van der Waals surface area contributed by atoms with E-state index < -0.39 is 0 Å². The van der Waals surface area contributed by atoms with Crippen LogP contribution in [0.1, 0.15) is 25.5 Å². The molecule has 0 aliphatic heterocycles. The fourth-order valence-electron chi connectivity index (χ4n) is 2.05. The molecule has 0 unspecified atom stereocenters. The number of hydrogen-bond donors (Lipinski definition) is 1. The number of nitrogens with zero attached hydrogens (tertiary/aromatic N) is 3. The lowest BCUT2D eigenvalue weighted by atomic mass is 10.1. The lowest BCUT2D eigenvalue weighted by Gasteiger charge is -2.03. The van der Waals surface area contributed by atoms with Crippen molar-refractivity contribution >= 4 is 11.0 Å². The van der Waals surface area contributed by atoms with E-state index in [1.165, 1.54) is 5.56 Å². The average molecular weight is 240 g/mol. The molecule has 92 valence electrons. The molecule has 0 fully saturated rings. The number of nitrogens with one attached hydrogen (secondary N) is 1. The van der Waals surface area contributed by atoms with Gasteiger partial charge in [0.2, 0.25) is 0 Å². The third kappa shape index (κ3) is 1.70. The number of hydrogen-bond acceptors (Lipinski definition) is 2. The number of aryl methyl sites for hydroxylation is 1. The normalized spacial score (nSPS) is 11.6. The van der Waals surface area contributed by atoms with Gasteiger partial charge in [-0.25, -0.2) is 4.98 Å². The zero-order chi connectivity index (χ0) is 12.7. The van der Waals surface area contributed by atoms with E-state index in [-0.39, 0.29) is 0 Å². The van der Waals surface area contributed by atoms with Crippen LogP contribution in [0.15, 0.2) is 30.7 Å². The molecule has 0 saturated carbocycles. The van der Waals surface area contributed by atoms with Crippen LogP contribution in [0.3, 0.4) is 0 Å². The second-order valence-corrected chi connectivity index (χ2v) is 4.87. The highest BCUT2D eigenvalue weighted by atomic mass is 15.3. The Hall–Kier alpha value is -2.10. The van der Waals surface area contributed by atoms with Crippen LogP contribution in [0.5, 0.6) is 0 Å². The van der Waals surface area contributed by atoms with E-state index in [0.29, 0.717) is 6.04 Å². The number of fused-ring (bicyclic) bond motifs is 1. The van der Waals surface area contributed by atoms with Crippen molar-refractivity contribution < 1.29 is 0 Å². The van der Waals surface area contributed by atoms with Crippen molar-refractivity contribution in [2.24, 2.45) is 0 Å². The van der Waals surface area contributed by atoms with Gasteiger partial charge in [0.15, 0.2) is 0 Å². The molecule has 4 nitrogen and oxygen atoms in total. The minimum absolute atomic E-state index is 0.379. The molecule has 4 heteroatoms. The lowest BCUT2D eigenvalue weighted by Crippen LogP contribution is -2.00. The largest absolute Gasteiger partial charge is 0.346 e. The highest BCUT2D eigenvalue weighted by molar-refractivity contribution is 5.83. The second kappa shape index (κ2) is 3.98. The maximum absolute atomic E-state index is 4.57. The van der Waals surface area contributed by atoms with Crippen molar-refractivity contribution in [2.75, 3.05) is 0 Å².